The summed E-state index contributed by atoms with van der Waals surface area (Å²) in [5.41, 5.74) is 2.77. The Labute approximate surface area is 123 Å². The third kappa shape index (κ3) is 10.6. The van der Waals surface area contributed by atoms with Crippen LogP contribution in [0.4, 0.5) is 0 Å². The monoisotopic (exact) mass is 280 g/mol. The van der Waals surface area contributed by atoms with Gasteiger partial charge in [-0.3, -0.25) is 0 Å². The van der Waals surface area contributed by atoms with Crippen LogP contribution in [0, 0.1) is 5.92 Å². The number of unbranched alkanes of at least 4 members (excludes halogenated alkanes) is 5. The highest BCUT2D eigenvalue weighted by molar-refractivity contribution is 5.54. The van der Waals surface area contributed by atoms with Gasteiger partial charge in [0.15, 0.2) is 0 Å². The molecule has 0 aliphatic heterocycles. The molecule has 0 N–H and O–H groups in total. The van der Waals surface area contributed by atoms with E-state index in [1.54, 1.807) is 0 Å². The van der Waals surface area contributed by atoms with Crippen molar-refractivity contribution in [2.45, 2.75) is 64.7 Å². The average molecular weight is 280 g/mol. The molecule has 0 unspecified atom stereocenters. The van der Waals surface area contributed by atoms with Gasteiger partial charge < -0.3 is 14.3 Å². The zero-order valence-electron chi connectivity index (χ0n) is 12.7. The smallest absolute Gasteiger partial charge is 0.138 e. The molecule has 3 nitrogen and oxygen atoms in total. The summed E-state index contributed by atoms with van der Waals surface area (Å²) >= 11 is 0. The van der Waals surface area contributed by atoms with Crippen molar-refractivity contribution in [3.63, 3.8) is 0 Å². The van der Waals surface area contributed by atoms with Gasteiger partial charge in [-0.15, -0.1) is 0 Å². The predicted molar refractivity (Wildman–Crippen MR) is 81.5 cm³/mol. The standard InChI is InChI=1S/C17H28O3/c1-3-5-6-7-8-9-14-20-17(4-2)15-16(10-12-18)11-13-19/h12-13,16H,2-3,5-11,14-15H2,1H3. The van der Waals surface area contributed by atoms with E-state index in [-0.39, 0.29) is 5.92 Å². The van der Waals surface area contributed by atoms with Crippen molar-refractivity contribution in [1.29, 1.82) is 0 Å². The molecule has 0 rings (SSSR count). The first-order valence-corrected chi connectivity index (χ1v) is 7.67. The van der Waals surface area contributed by atoms with Crippen LogP contribution in [0.25, 0.3) is 0 Å². The fraction of sp³-hybridized carbons (Fsp3) is 0.706. The molecular weight excluding hydrogens is 252 g/mol. The number of carbonyl (C=O) groups is 2. The van der Waals surface area contributed by atoms with Crippen molar-refractivity contribution in [1.82, 2.24) is 0 Å². The zero-order valence-corrected chi connectivity index (χ0v) is 12.7. The van der Waals surface area contributed by atoms with E-state index in [1.807, 2.05) is 0 Å². The summed E-state index contributed by atoms with van der Waals surface area (Å²) in [6, 6.07) is 0. The molecule has 0 aliphatic rings. The number of ether oxygens (including phenoxy) is 1. The van der Waals surface area contributed by atoms with Crippen molar-refractivity contribution in [2.24, 2.45) is 5.92 Å². The van der Waals surface area contributed by atoms with Gasteiger partial charge in [0.2, 0.25) is 0 Å². The summed E-state index contributed by atoms with van der Waals surface area (Å²) in [5, 5.41) is 0. The number of hydrogen-bond donors (Lipinski definition) is 0. The Bertz CT molecular complexity index is 293. The fourth-order valence-corrected chi connectivity index (χ4v) is 2.06. The maximum atomic E-state index is 10.5. The molecule has 0 aliphatic carbocycles. The second-order valence-corrected chi connectivity index (χ2v) is 5.09. The molecule has 0 saturated carbocycles. The highest BCUT2D eigenvalue weighted by Crippen LogP contribution is 2.18. The first-order chi connectivity index (χ1) is 9.78. The van der Waals surface area contributed by atoms with E-state index in [4.69, 9.17) is 4.74 Å². The van der Waals surface area contributed by atoms with Gasteiger partial charge in [-0.1, -0.05) is 51.3 Å². The number of rotatable bonds is 14. The SMILES string of the molecule is C=C=C(CC(CC=O)CC=O)OCCCCCCCC. The summed E-state index contributed by atoms with van der Waals surface area (Å²) in [4.78, 5) is 21.1. The average Bonchev–Trinajstić information content (AvgIpc) is 2.45. The Morgan fingerprint density at radius 1 is 1.10 bits per heavy atom. The molecule has 0 spiro atoms. The maximum absolute atomic E-state index is 10.5. The Balaban J connectivity index is 3.83. The van der Waals surface area contributed by atoms with Crippen LogP contribution in [-0.2, 0) is 14.3 Å². The van der Waals surface area contributed by atoms with Gasteiger partial charge in [0, 0.05) is 19.3 Å². The van der Waals surface area contributed by atoms with Crippen LogP contribution in [0.1, 0.15) is 64.7 Å². The molecule has 0 saturated heterocycles. The van der Waals surface area contributed by atoms with E-state index in [0.717, 1.165) is 19.0 Å². The van der Waals surface area contributed by atoms with Crippen molar-refractivity contribution in [2.75, 3.05) is 6.61 Å². The third-order valence-corrected chi connectivity index (χ3v) is 3.30. The second kappa shape index (κ2) is 14.1. The lowest BCUT2D eigenvalue weighted by atomic mass is 9.98. The van der Waals surface area contributed by atoms with E-state index in [9.17, 15) is 9.59 Å². The first-order valence-electron chi connectivity index (χ1n) is 7.67. The van der Waals surface area contributed by atoms with Crippen LogP contribution in [0.2, 0.25) is 0 Å². The van der Waals surface area contributed by atoms with Crippen LogP contribution in [0.3, 0.4) is 0 Å². The molecule has 0 amide bonds. The van der Waals surface area contributed by atoms with Gasteiger partial charge in [-0.05, 0) is 12.3 Å². The first kappa shape index (κ1) is 18.7. The van der Waals surface area contributed by atoms with Crippen molar-refractivity contribution in [3.8, 4) is 0 Å². The minimum atomic E-state index is 0.0128. The number of hydrogen-bond acceptors (Lipinski definition) is 3. The second-order valence-electron chi connectivity index (χ2n) is 5.09. The largest absolute Gasteiger partial charge is 0.490 e. The number of allylic oxidation sites excluding steroid dienone is 1. The fourth-order valence-electron chi connectivity index (χ4n) is 2.06. The van der Waals surface area contributed by atoms with E-state index in [1.165, 1.54) is 32.1 Å². The minimum Gasteiger partial charge on any atom is -0.490 e. The molecule has 0 radical (unpaired) electrons. The van der Waals surface area contributed by atoms with Crippen LogP contribution in [0.5, 0.6) is 0 Å². The molecule has 114 valence electrons. The minimum absolute atomic E-state index is 0.0128. The highest BCUT2D eigenvalue weighted by Gasteiger charge is 2.11. The van der Waals surface area contributed by atoms with Crippen LogP contribution in [0.15, 0.2) is 18.1 Å². The Morgan fingerprint density at radius 2 is 1.70 bits per heavy atom. The number of aldehydes is 2. The molecule has 3 heteroatoms. The predicted octanol–water partition coefficient (Wildman–Crippen LogP) is 4.22. The molecule has 20 heavy (non-hydrogen) atoms. The lowest BCUT2D eigenvalue weighted by molar-refractivity contribution is -0.110. The topological polar surface area (TPSA) is 43.4 Å². The molecule has 0 aromatic carbocycles. The third-order valence-electron chi connectivity index (χ3n) is 3.30. The lowest BCUT2D eigenvalue weighted by Crippen LogP contribution is -2.06. The van der Waals surface area contributed by atoms with Crippen molar-refractivity contribution >= 4 is 12.6 Å². The Morgan fingerprint density at radius 3 is 2.25 bits per heavy atom. The van der Waals surface area contributed by atoms with Gasteiger partial charge in [0.05, 0.1) is 6.61 Å². The quantitative estimate of drug-likeness (QED) is 0.207. The van der Waals surface area contributed by atoms with Gasteiger partial charge >= 0.3 is 0 Å². The summed E-state index contributed by atoms with van der Waals surface area (Å²) in [6.07, 6.45) is 10.3. The van der Waals surface area contributed by atoms with Gasteiger partial charge in [-0.25, -0.2) is 0 Å². The highest BCUT2D eigenvalue weighted by atomic mass is 16.5. The molecule has 0 aromatic heterocycles. The van der Waals surface area contributed by atoms with Gasteiger partial charge in [-0.2, -0.15) is 0 Å². The molecule has 0 heterocycles. The molecule has 0 fully saturated rings. The Hall–Kier alpha value is -1.34. The summed E-state index contributed by atoms with van der Waals surface area (Å²) in [6.45, 7) is 6.48. The van der Waals surface area contributed by atoms with E-state index < -0.39 is 0 Å². The normalized spacial score (nSPS) is 10.1. The van der Waals surface area contributed by atoms with Crippen molar-refractivity contribution in [3.05, 3.63) is 18.1 Å². The summed E-state index contributed by atoms with van der Waals surface area (Å²) < 4.78 is 5.63. The molecule has 0 atom stereocenters. The van der Waals surface area contributed by atoms with E-state index in [2.05, 4.69) is 19.2 Å². The molecular formula is C17H28O3. The van der Waals surface area contributed by atoms with Gasteiger partial charge in [0.25, 0.3) is 0 Å². The van der Waals surface area contributed by atoms with E-state index in [0.29, 0.717) is 31.6 Å². The number of carbonyl (C=O) groups excluding carboxylic acids is 2. The molecule has 0 aromatic rings. The maximum Gasteiger partial charge on any atom is 0.138 e. The van der Waals surface area contributed by atoms with Crippen molar-refractivity contribution < 1.29 is 14.3 Å². The van der Waals surface area contributed by atoms with Gasteiger partial charge in [0.1, 0.15) is 18.3 Å². The lowest BCUT2D eigenvalue weighted by Gasteiger charge is -2.13. The van der Waals surface area contributed by atoms with Crippen LogP contribution in [-0.4, -0.2) is 19.2 Å². The van der Waals surface area contributed by atoms with E-state index >= 15 is 0 Å². The summed E-state index contributed by atoms with van der Waals surface area (Å²) in [5.74, 6) is 0.686. The molecule has 0 bridgehead atoms. The van der Waals surface area contributed by atoms with Crippen LogP contribution >= 0.6 is 0 Å². The Kier molecular flexibility index (Phi) is 13.1. The summed E-state index contributed by atoms with van der Waals surface area (Å²) in [7, 11) is 0. The van der Waals surface area contributed by atoms with Crippen LogP contribution < -0.4 is 0 Å². The zero-order chi connectivity index (χ0) is 15.1.